The van der Waals surface area contributed by atoms with Gasteiger partial charge in [-0.25, -0.2) is 5.43 Å². The van der Waals surface area contributed by atoms with Gasteiger partial charge in [0.15, 0.2) is 5.75 Å². The van der Waals surface area contributed by atoms with Gasteiger partial charge in [0.05, 0.1) is 17.7 Å². The largest absolute Gasteiger partial charge is 0.378 e. The van der Waals surface area contributed by atoms with E-state index in [1.807, 2.05) is 30.3 Å². The van der Waals surface area contributed by atoms with Crippen molar-refractivity contribution in [2.45, 2.75) is 11.3 Å². The lowest BCUT2D eigenvalue weighted by atomic mass is 10.1. The minimum atomic E-state index is -4.20. The summed E-state index contributed by atoms with van der Waals surface area (Å²) < 4.78 is 30.4. The minimum absolute atomic E-state index is 0.0320. The number of benzene rings is 3. The highest BCUT2D eigenvalue weighted by Gasteiger charge is 2.21. The van der Waals surface area contributed by atoms with Gasteiger partial charge in [0.25, 0.3) is 0 Å². The number of halogens is 2. The monoisotopic (exact) mass is 462 g/mol. The Balaban J connectivity index is 1.72. The van der Waals surface area contributed by atoms with Crippen molar-refractivity contribution in [1.29, 1.82) is 0 Å². The van der Waals surface area contributed by atoms with E-state index >= 15 is 0 Å². The van der Waals surface area contributed by atoms with Crippen molar-refractivity contribution < 1.29 is 17.4 Å². The highest BCUT2D eigenvalue weighted by Crippen LogP contribution is 2.28. The fourth-order valence-corrected chi connectivity index (χ4v) is 4.20. The number of rotatable bonds is 7. The molecular formula is C21H16Cl2N2O4S. The molecule has 0 aromatic heterocycles. The lowest BCUT2D eigenvalue weighted by molar-refractivity contribution is -0.120. The van der Waals surface area contributed by atoms with Crippen molar-refractivity contribution in [3.63, 3.8) is 0 Å². The maximum Gasteiger partial charge on any atom is 0.340 e. The Morgan fingerprint density at radius 2 is 1.70 bits per heavy atom. The van der Waals surface area contributed by atoms with Crippen LogP contribution in [0.4, 0.5) is 0 Å². The Kier molecular flexibility index (Phi) is 7.10. The maximum absolute atomic E-state index is 12.6. The van der Waals surface area contributed by atoms with Crippen LogP contribution in [0.2, 0.25) is 10.0 Å². The first-order valence-electron chi connectivity index (χ1n) is 8.69. The average molecular weight is 463 g/mol. The molecule has 3 rings (SSSR count). The topological polar surface area (TPSA) is 84.8 Å². The smallest absolute Gasteiger partial charge is 0.340 e. The van der Waals surface area contributed by atoms with E-state index in [1.165, 1.54) is 30.5 Å². The van der Waals surface area contributed by atoms with Gasteiger partial charge in [-0.3, -0.25) is 4.79 Å². The molecule has 0 aliphatic rings. The van der Waals surface area contributed by atoms with E-state index < -0.39 is 10.1 Å². The molecule has 1 N–H and O–H groups in total. The van der Waals surface area contributed by atoms with Crippen LogP contribution in [0.15, 0.2) is 82.8 Å². The second-order valence-electron chi connectivity index (χ2n) is 6.11. The van der Waals surface area contributed by atoms with E-state index in [2.05, 4.69) is 10.5 Å². The Morgan fingerprint density at radius 3 is 2.43 bits per heavy atom. The molecule has 9 heteroatoms. The Bertz CT molecular complexity index is 1180. The van der Waals surface area contributed by atoms with Crippen molar-refractivity contribution in [2.24, 2.45) is 5.10 Å². The van der Waals surface area contributed by atoms with E-state index in [0.717, 1.165) is 5.56 Å². The predicted molar refractivity (Wildman–Crippen MR) is 117 cm³/mol. The van der Waals surface area contributed by atoms with Crippen LogP contribution in [0.3, 0.4) is 0 Å². The molecule has 154 valence electrons. The number of amides is 1. The molecule has 0 heterocycles. The molecule has 3 aromatic carbocycles. The quantitative estimate of drug-likeness (QED) is 0.319. The Labute approximate surface area is 184 Å². The number of nitrogens with zero attached hydrogens (tertiary/aromatic N) is 1. The predicted octanol–water partition coefficient (Wildman–Crippen LogP) is 4.45. The van der Waals surface area contributed by atoms with Gasteiger partial charge in [-0.1, -0.05) is 65.7 Å². The number of hydrazone groups is 1. The van der Waals surface area contributed by atoms with Gasteiger partial charge in [0.2, 0.25) is 5.91 Å². The van der Waals surface area contributed by atoms with Crippen molar-refractivity contribution in [1.82, 2.24) is 5.43 Å². The molecule has 0 saturated heterocycles. The minimum Gasteiger partial charge on any atom is -0.378 e. The number of hydrogen-bond donors (Lipinski definition) is 1. The van der Waals surface area contributed by atoms with Crippen molar-refractivity contribution in [3.05, 3.63) is 94.0 Å². The van der Waals surface area contributed by atoms with Crippen LogP contribution >= 0.6 is 23.2 Å². The van der Waals surface area contributed by atoms with E-state index in [0.29, 0.717) is 10.6 Å². The molecule has 0 aliphatic heterocycles. The molecule has 0 fully saturated rings. The molecule has 30 heavy (non-hydrogen) atoms. The zero-order valence-corrected chi connectivity index (χ0v) is 17.8. The summed E-state index contributed by atoms with van der Waals surface area (Å²) in [7, 11) is -4.20. The Morgan fingerprint density at radius 1 is 1.00 bits per heavy atom. The van der Waals surface area contributed by atoms with E-state index in [1.54, 1.807) is 18.2 Å². The maximum atomic E-state index is 12.6. The third-order valence-electron chi connectivity index (χ3n) is 3.88. The molecule has 0 atom stereocenters. The Hall–Kier alpha value is -2.87. The van der Waals surface area contributed by atoms with Crippen molar-refractivity contribution in [3.8, 4) is 5.75 Å². The van der Waals surface area contributed by atoms with Gasteiger partial charge in [0, 0.05) is 10.6 Å². The number of carbonyl (C=O) groups excluding carboxylic acids is 1. The summed E-state index contributed by atoms with van der Waals surface area (Å²) in [6, 6.07) is 19.5. The second-order valence-corrected chi connectivity index (χ2v) is 8.46. The first-order chi connectivity index (χ1) is 14.3. The van der Waals surface area contributed by atoms with E-state index in [4.69, 9.17) is 27.4 Å². The molecule has 0 unspecified atom stereocenters. The molecule has 6 nitrogen and oxygen atoms in total. The van der Waals surface area contributed by atoms with Gasteiger partial charge in [-0.2, -0.15) is 13.5 Å². The summed E-state index contributed by atoms with van der Waals surface area (Å²) in [5.74, 6) is -0.277. The summed E-state index contributed by atoms with van der Waals surface area (Å²) in [6.07, 6.45) is 1.47. The van der Waals surface area contributed by atoms with Crippen LogP contribution in [0.25, 0.3) is 0 Å². The number of nitrogens with one attached hydrogen (secondary N) is 1. The summed E-state index contributed by atoms with van der Waals surface area (Å²) >= 11 is 11.8. The van der Waals surface area contributed by atoms with Crippen LogP contribution in [-0.4, -0.2) is 20.5 Å². The van der Waals surface area contributed by atoms with Crippen LogP contribution in [-0.2, 0) is 21.3 Å². The summed E-state index contributed by atoms with van der Waals surface area (Å²) in [4.78, 5) is 11.8. The SMILES string of the molecule is O=C(Cc1ccccc1)NN=Cc1ccccc1OS(=O)(=O)c1ccc(Cl)cc1Cl. The highest BCUT2D eigenvalue weighted by molar-refractivity contribution is 7.87. The lowest BCUT2D eigenvalue weighted by Gasteiger charge is -2.10. The molecule has 0 radical (unpaired) electrons. The summed E-state index contributed by atoms with van der Waals surface area (Å²) in [6.45, 7) is 0. The zero-order chi connectivity index (χ0) is 21.6. The van der Waals surface area contributed by atoms with Gasteiger partial charge < -0.3 is 4.18 Å². The average Bonchev–Trinajstić information content (AvgIpc) is 2.69. The number of para-hydroxylation sites is 1. The first kappa shape index (κ1) is 21.8. The van der Waals surface area contributed by atoms with Crippen LogP contribution in [0, 0.1) is 0 Å². The van der Waals surface area contributed by atoms with E-state index in [9.17, 15) is 13.2 Å². The fourth-order valence-electron chi connectivity index (χ4n) is 2.50. The highest BCUT2D eigenvalue weighted by atomic mass is 35.5. The fraction of sp³-hybridized carbons (Fsp3) is 0.0476. The molecule has 1 amide bonds. The molecule has 0 saturated carbocycles. The van der Waals surface area contributed by atoms with Gasteiger partial charge in [0.1, 0.15) is 4.90 Å². The molecule has 3 aromatic rings. The van der Waals surface area contributed by atoms with Crippen LogP contribution in [0.5, 0.6) is 5.75 Å². The van der Waals surface area contributed by atoms with Gasteiger partial charge in [-0.15, -0.1) is 0 Å². The van der Waals surface area contributed by atoms with Crippen LogP contribution in [0.1, 0.15) is 11.1 Å². The van der Waals surface area contributed by atoms with Gasteiger partial charge >= 0.3 is 10.1 Å². The number of carbonyl (C=O) groups is 1. The molecule has 0 aliphatic carbocycles. The van der Waals surface area contributed by atoms with Gasteiger partial charge in [-0.05, 0) is 35.9 Å². The summed E-state index contributed by atoms with van der Waals surface area (Å²) in [5.41, 5.74) is 3.61. The van der Waals surface area contributed by atoms with E-state index in [-0.39, 0.29) is 28.0 Å². The molecule has 0 bridgehead atoms. The first-order valence-corrected chi connectivity index (χ1v) is 10.9. The standard InChI is InChI=1S/C21H16Cl2N2O4S/c22-17-10-11-20(18(23)13-17)30(27,28)29-19-9-5-4-8-16(19)14-24-25-21(26)12-15-6-2-1-3-7-15/h1-11,13-14H,12H2,(H,25,26). The third-order valence-corrected chi connectivity index (χ3v) is 5.84. The molecular weight excluding hydrogens is 447 g/mol. The number of hydrogen-bond acceptors (Lipinski definition) is 5. The van der Waals surface area contributed by atoms with Crippen molar-refractivity contribution in [2.75, 3.05) is 0 Å². The summed E-state index contributed by atoms with van der Waals surface area (Å²) in [5, 5.41) is 4.14. The molecule has 0 spiro atoms. The third kappa shape index (κ3) is 5.82. The van der Waals surface area contributed by atoms with Crippen molar-refractivity contribution >= 4 is 45.4 Å². The zero-order valence-electron chi connectivity index (χ0n) is 15.5. The van der Waals surface area contributed by atoms with Crippen LogP contribution < -0.4 is 9.61 Å². The lowest BCUT2D eigenvalue weighted by Crippen LogP contribution is -2.19. The normalized spacial score (nSPS) is 11.4. The second kappa shape index (κ2) is 9.75.